The SMILES string of the molecule is O=C(O)c1ccc(/C=C2/N=C(c3ccccc3Br)N(c3ccc(F)cc3)C2=O)cc1. The molecule has 1 aliphatic heterocycles. The van der Waals surface area contributed by atoms with E-state index in [2.05, 4.69) is 20.9 Å². The number of anilines is 1. The van der Waals surface area contributed by atoms with Crippen LogP contribution >= 0.6 is 15.9 Å². The molecule has 30 heavy (non-hydrogen) atoms. The second kappa shape index (κ2) is 8.04. The van der Waals surface area contributed by atoms with Gasteiger partial charge in [-0.1, -0.05) is 46.3 Å². The van der Waals surface area contributed by atoms with Crippen LogP contribution in [-0.4, -0.2) is 22.8 Å². The fourth-order valence-corrected chi connectivity index (χ4v) is 3.51. The minimum Gasteiger partial charge on any atom is -0.478 e. The van der Waals surface area contributed by atoms with Crippen LogP contribution in [0.1, 0.15) is 21.5 Å². The summed E-state index contributed by atoms with van der Waals surface area (Å²) in [6.45, 7) is 0. The summed E-state index contributed by atoms with van der Waals surface area (Å²) >= 11 is 3.49. The molecular weight excluding hydrogens is 451 g/mol. The number of amides is 1. The Morgan fingerprint density at radius 3 is 2.30 bits per heavy atom. The Kier molecular flexibility index (Phi) is 5.29. The van der Waals surface area contributed by atoms with Crippen molar-refractivity contribution in [3.8, 4) is 0 Å². The van der Waals surface area contributed by atoms with Gasteiger partial charge < -0.3 is 5.11 Å². The second-order valence-corrected chi connectivity index (χ2v) is 7.34. The number of aliphatic imine (C=N–C) groups is 1. The van der Waals surface area contributed by atoms with Crippen LogP contribution in [0.3, 0.4) is 0 Å². The van der Waals surface area contributed by atoms with Gasteiger partial charge in [-0.2, -0.15) is 0 Å². The third-order valence-corrected chi connectivity index (χ3v) is 5.21. The van der Waals surface area contributed by atoms with Gasteiger partial charge in [-0.05, 0) is 54.1 Å². The maximum atomic E-state index is 13.4. The van der Waals surface area contributed by atoms with Crippen molar-refractivity contribution in [2.45, 2.75) is 0 Å². The first-order valence-electron chi connectivity index (χ1n) is 8.93. The molecule has 3 aromatic rings. The number of amidine groups is 1. The van der Waals surface area contributed by atoms with Crippen molar-refractivity contribution in [2.24, 2.45) is 4.99 Å². The molecule has 0 saturated heterocycles. The molecule has 0 fully saturated rings. The fourth-order valence-electron chi connectivity index (χ4n) is 3.05. The predicted octanol–water partition coefficient (Wildman–Crippen LogP) is 5.12. The minimum atomic E-state index is -1.03. The number of benzene rings is 3. The second-order valence-electron chi connectivity index (χ2n) is 6.49. The topological polar surface area (TPSA) is 70.0 Å². The molecule has 3 aromatic carbocycles. The van der Waals surface area contributed by atoms with Gasteiger partial charge in [0.05, 0.1) is 11.3 Å². The molecule has 0 unspecified atom stereocenters. The highest BCUT2D eigenvalue weighted by molar-refractivity contribution is 9.10. The lowest BCUT2D eigenvalue weighted by atomic mass is 10.1. The van der Waals surface area contributed by atoms with Gasteiger partial charge in [0.1, 0.15) is 17.3 Å². The van der Waals surface area contributed by atoms with Gasteiger partial charge in [0.2, 0.25) is 0 Å². The molecule has 0 spiro atoms. The van der Waals surface area contributed by atoms with Gasteiger partial charge in [-0.15, -0.1) is 0 Å². The molecule has 1 N–H and O–H groups in total. The average Bonchev–Trinajstić information content (AvgIpc) is 3.05. The highest BCUT2D eigenvalue weighted by atomic mass is 79.9. The predicted molar refractivity (Wildman–Crippen MR) is 116 cm³/mol. The molecule has 0 radical (unpaired) electrons. The van der Waals surface area contributed by atoms with Crippen molar-refractivity contribution in [3.63, 3.8) is 0 Å². The molecule has 7 heteroatoms. The number of rotatable bonds is 4. The standard InChI is InChI=1S/C23H14BrFN2O3/c24-19-4-2-1-3-18(19)21-26-20(13-14-5-7-15(8-6-14)23(29)30)22(28)27(21)17-11-9-16(25)10-12-17/h1-13H,(H,29,30)/b20-13+. The maximum absolute atomic E-state index is 13.4. The molecule has 1 aliphatic rings. The third kappa shape index (κ3) is 3.79. The Morgan fingerprint density at radius 2 is 1.67 bits per heavy atom. The Balaban J connectivity index is 1.80. The number of carbonyl (C=O) groups is 2. The number of hydrogen-bond donors (Lipinski definition) is 1. The van der Waals surface area contributed by atoms with Crippen molar-refractivity contribution in [1.29, 1.82) is 0 Å². The van der Waals surface area contributed by atoms with Crippen LogP contribution in [0.25, 0.3) is 6.08 Å². The van der Waals surface area contributed by atoms with E-state index < -0.39 is 11.8 Å². The quantitative estimate of drug-likeness (QED) is 0.544. The Bertz CT molecular complexity index is 1200. The van der Waals surface area contributed by atoms with Gasteiger partial charge in [-0.25, -0.2) is 14.2 Å². The van der Waals surface area contributed by atoms with Gasteiger partial charge in [0.15, 0.2) is 0 Å². The first kappa shape index (κ1) is 19.7. The molecule has 148 valence electrons. The smallest absolute Gasteiger partial charge is 0.335 e. The Labute approximate surface area is 179 Å². The minimum absolute atomic E-state index is 0.153. The number of halogens is 2. The summed E-state index contributed by atoms with van der Waals surface area (Å²) in [5.41, 5.74) is 2.17. The molecule has 1 heterocycles. The maximum Gasteiger partial charge on any atom is 0.335 e. The molecule has 4 rings (SSSR count). The zero-order chi connectivity index (χ0) is 21.3. The van der Waals surface area contributed by atoms with Crippen LogP contribution in [0.15, 0.2) is 88.0 Å². The fraction of sp³-hybridized carbons (Fsp3) is 0. The number of carboxylic acids is 1. The van der Waals surface area contributed by atoms with Gasteiger partial charge >= 0.3 is 5.97 Å². The number of nitrogens with zero attached hydrogens (tertiary/aromatic N) is 2. The Hall–Kier alpha value is -3.58. The van der Waals surface area contributed by atoms with Gasteiger partial charge in [0, 0.05) is 10.0 Å². The van der Waals surface area contributed by atoms with E-state index >= 15 is 0 Å². The first-order chi connectivity index (χ1) is 14.4. The van der Waals surface area contributed by atoms with Crippen molar-refractivity contribution in [2.75, 3.05) is 4.90 Å². The van der Waals surface area contributed by atoms with Crippen LogP contribution in [0.4, 0.5) is 10.1 Å². The summed E-state index contributed by atoms with van der Waals surface area (Å²) in [4.78, 5) is 30.2. The number of carbonyl (C=O) groups excluding carboxylic acids is 1. The number of hydrogen-bond acceptors (Lipinski definition) is 3. The zero-order valence-electron chi connectivity index (χ0n) is 15.4. The van der Waals surface area contributed by atoms with Crippen LogP contribution in [0.5, 0.6) is 0 Å². The largest absolute Gasteiger partial charge is 0.478 e. The van der Waals surface area contributed by atoms with E-state index in [0.717, 1.165) is 4.47 Å². The van der Waals surface area contributed by atoms with E-state index in [1.165, 1.54) is 41.3 Å². The molecule has 0 aliphatic carbocycles. The Morgan fingerprint density at radius 1 is 1.00 bits per heavy atom. The summed E-state index contributed by atoms with van der Waals surface area (Å²) in [7, 11) is 0. The molecule has 0 atom stereocenters. The molecule has 1 amide bonds. The number of aromatic carboxylic acids is 1. The van der Waals surface area contributed by atoms with Gasteiger partial charge in [0.25, 0.3) is 5.91 Å². The van der Waals surface area contributed by atoms with Crippen molar-refractivity contribution in [3.05, 3.63) is 105 Å². The molecule has 5 nitrogen and oxygen atoms in total. The normalized spacial score (nSPS) is 14.9. The lowest BCUT2D eigenvalue weighted by molar-refractivity contribution is -0.113. The summed E-state index contributed by atoms with van der Waals surface area (Å²) in [5, 5.41) is 9.04. The summed E-state index contributed by atoms with van der Waals surface area (Å²) in [5.74, 6) is -1.39. The molecule has 0 saturated carbocycles. The lowest BCUT2D eigenvalue weighted by Crippen LogP contribution is -2.32. The van der Waals surface area contributed by atoms with Crippen molar-refractivity contribution < 1.29 is 19.1 Å². The molecular formula is C23H14BrFN2O3. The van der Waals surface area contributed by atoms with Crippen molar-refractivity contribution in [1.82, 2.24) is 0 Å². The van der Waals surface area contributed by atoms with E-state index in [0.29, 0.717) is 22.6 Å². The van der Waals surface area contributed by atoms with E-state index in [1.807, 2.05) is 24.3 Å². The molecule has 0 aromatic heterocycles. The zero-order valence-corrected chi connectivity index (χ0v) is 17.0. The van der Waals surface area contributed by atoms with Crippen LogP contribution < -0.4 is 4.90 Å². The summed E-state index contributed by atoms with van der Waals surface area (Å²) in [6, 6.07) is 19.1. The average molecular weight is 465 g/mol. The third-order valence-electron chi connectivity index (χ3n) is 4.52. The van der Waals surface area contributed by atoms with E-state index in [-0.39, 0.29) is 17.2 Å². The molecule has 0 bridgehead atoms. The highest BCUT2D eigenvalue weighted by Gasteiger charge is 2.33. The lowest BCUT2D eigenvalue weighted by Gasteiger charge is -2.19. The van der Waals surface area contributed by atoms with E-state index in [9.17, 15) is 14.0 Å². The summed E-state index contributed by atoms with van der Waals surface area (Å²) < 4.78 is 14.2. The highest BCUT2D eigenvalue weighted by Crippen LogP contribution is 2.30. The summed E-state index contributed by atoms with van der Waals surface area (Å²) in [6.07, 6.45) is 1.59. The number of carboxylic acid groups (broad SMARTS) is 1. The van der Waals surface area contributed by atoms with E-state index in [1.54, 1.807) is 18.2 Å². The van der Waals surface area contributed by atoms with Crippen LogP contribution in [0.2, 0.25) is 0 Å². The van der Waals surface area contributed by atoms with Crippen LogP contribution in [-0.2, 0) is 4.79 Å². The van der Waals surface area contributed by atoms with Crippen molar-refractivity contribution >= 4 is 45.4 Å². The monoisotopic (exact) mass is 464 g/mol. The van der Waals surface area contributed by atoms with Crippen LogP contribution in [0, 0.1) is 5.82 Å². The van der Waals surface area contributed by atoms with E-state index in [4.69, 9.17) is 5.11 Å². The first-order valence-corrected chi connectivity index (χ1v) is 9.72. The van der Waals surface area contributed by atoms with Gasteiger partial charge in [-0.3, -0.25) is 9.69 Å².